The minimum Gasteiger partial charge on any atom is -0.394 e. The molecule has 0 radical (unpaired) electrons. The van der Waals surface area contributed by atoms with Crippen LogP contribution < -0.4 is 11.2 Å². The van der Waals surface area contributed by atoms with Gasteiger partial charge >= 0.3 is 5.69 Å². The molecule has 2 heterocycles. The number of aliphatic hydroxyl groups is 3. The second-order valence-corrected chi connectivity index (χ2v) is 4.92. The average Bonchev–Trinajstić information content (AvgIpc) is 2.79. The summed E-state index contributed by atoms with van der Waals surface area (Å²) in [6.45, 7) is -0.0466. The van der Waals surface area contributed by atoms with Crippen LogP contribution in [0.25, 0.3) is 0 Å². The van der Waals surface area contributed by atoms with Crippen molar-refractivity contribution in [3.05, 3.63) is 32.6 Å². The van der Waals surface area contributed by atoms with Gasteiger partial charge in [0.25, 0.3) is 5.56 Å². The first-order valence-electron chi connectivity index (χ1n) is 6.29. The molecule has 1 aromatic heterocycles. The van der Waals surface area contributed by atoms with Gasteiger partial charge in [-0.1, -0.05) is 0 Å². The van der Waals surface area contributed by atoms with E-state index in [0.717, 1.165) is 10.8 Å². The zero-order valence-electron chi connectivity index (χ0n) is 11.3. The quantitative estimate of drug-likeness (QED) is 0.470. The van der Waals surface area contributed by atoms with Crippen molar-refractivity contribution in [3.8, 4) is 0 Å². The third-order valence-corrected chi connectivity index (χ3v) is 3.53. The summed E-state index contributed by atoms with van der Waals surface area (Å²) in [6, 6.07) is 0. The SMILES string of the molecule is Cc1cn([C@@]2(C(=O)CO)C[C@H](O)[C@@H](CO)O2)c(=O)[nH]c1=O. The number of aliphatic hydroxyl groups excluding tert-OH is 3. The van der Waals surface area contributed by atoms with Crippen molar-refractivity contribution >= 4 is 5.78 Å². The first-order chi connectivity index (χ1) is 9.85. The van der Waals surface area contributed by atoms with Crippen molar-refractivity contribution in [2.45, 2.75) is 31.3 Å². The van der Waals surface area contributed by atoms with Gasteiger partial charge in [0.15, 0.2) is 0 Å². The summed E-state index contributed by atoms with van der Waals surface area (Å²) in [6.07, 6.45) is -1.45. The van der Waals surface area contributed by atoms with Gasteiger partial charge in [-0.3, -0.25) is 19.1 Å². The van der Waals surface area contributed by atoms with Crippen LogP contribution in [-0.2, 0) is 15.3 Å². The molecule has 9 heteroatoms. The number of ketones is 1. The first kappa shape index (κ1) is 15.6. The number of nitrogens with one attached hydrogen (secondary N) is 1. The van der Waals surface area contributed by atoms with Crippen LogP contribution in [0.4, 0.5) is 0 Å². The number of ether oxygens (including phenoxy) is 1. The Labute approximate surface area is 118 Å². The van der Waals surface area contributed by atoms with E-state index in [9.17, 15) is 19.5 Å². The third-order valence-electron chi connectivity index (χ3n) is 3.53. The first-order valence-corrected chi connectivity index (χ1v) is 6.29. The van der Waals surface area contributed by atoms with E-state index in [1.165, 1.54) is 6.92 Å². The van der Waals surface area contributed by atoms with Gasteiger partial charge in [0, 0.05) is 18.2 Å². The number of Topliss-reactive ketones (excluding diaryl/α,β-unsaturated/α-hetero) is 1. The number of aromatic nitrogens is 2. The van der Waals surface area contributed by atoms with Gasteiger partial charge in [0.05, 0.1) is 12.7 Å². The van der Waals surface area contributed by atoms with Crippen molar-refractivity contribution in [2.75, 3.05) is 13.2 Å². The predicted molar refractivity (Wildman–Crippen MR) is 68.7 cm³/mol. The highest BCUT2D eigenvalue weighted by atomic mass is 16.6. The molecule has 4 N–H and O–H groups in total. The molecule has 0 saturated carbocycles. The summed E-state index contributed by atoms with van der Waals surface area (Å²) in [7, 11) is 0. The van der Waals surface area contributed by atoms with Gasteiger partial charge in [-0.25, -0.2) is 4.79 Å². The zero-order valence-corrected chi connectivity index (χ0v) is 11.3. The molecule has 2 rings (SSSR count). The Hall–Kier alpha value is -1.81. The Morgan fingerprint density at radius 3 is 2.71 bits per heavy atom. The standard InChI is InChI=1S/C12H16N2O7/c1-6-3-14(11(20)13-10(6)19)12(9(18)5-16)2-7(17)8(4-15)21-12/h3,7-8,15-17H,2,4-5H2,1H3,(H,13,19,20)/t7-,8+,12-/m0/s1. The van der Waals surface area contributed by atoms with Crippen LogP contribution in [0.2, 0.25) is 0 Å². The minimum absolute atomic E-state index is 0.158. The third kappa shape index (κ3) is 2.44. The van der Waals surface area contributed by atoms with Gasteiger partial charge in [-0.15, -0.1) is 0 Å². The molecular formula is C12H16N2O7. The maximum atomic E-state index is 12.1. The average molecular weight is 300 g/mol. The molecule has 1 aliphatic heterocycles. The van der Waals surface area contributed by atoms with Crippen molar-refractivity contribution in [1.29, 1.82) is 0 Å². The van der Waals surface area contributed by atoms with Crippen LogP contribution in [0.3, 0.4) is 0 Å². The number of hydrogen-bond donors (Lipinski definition) is 4. The second kappa shape index (κ2) is 5.53. The molecular weight excluding hydrogens is 284 g/mol. The lowest BCUT2D eigenvalue weighted by Gasteiger charge is -2.28. The highest BCUT2D eigenvalue weighted by Gasteiger charge is 2.52. The van der Waals surface area contributed by atoms with Crippen molar-refractivity contribution < 1.29 is 24.9 Å². The predicted octanol–water partition coefficient (Wildman–Crippen LogP) is -2.80. The lowest BCUT2D eigenvalue weighted by molar-refractivity contribution is -0.165. The van der Waals surface area contributed by atoms with Crippen LogP contribution in [0.1, 0.15) is 12.0 Å². The number of hydrogen-bond acceptors (Lipinski definition) is 7. The Morgan fingerprint density at radius 1 is 1.52 bits per heavy atom. The van der Waals surface area contributed by atoms with Gasteiger partial charge in [-0.2, -0.15) is 0 Å². The molecule has 1 aliphatic rings. The van der Waals surface area contributed by atoms with E-state index in [2.05, 4.69) is 0 Å². The van der Waals surface area contributed by atoms with E-state index in [1.54, 1.807) is 0 Å². The van der Waals surface area contributed by atoms with E-state index in [1.807, 2.05) is 4.98 Å². The monoisotopic (exact) mass is 300 g/mol. The zero-order chi connectivity index (χ0) is 15.8. The van der Waals surface area contributed by atoms with Gasteiger partial charge < -0.3 is 20.1 Å². The molecule has 1 saturated heterocycles. The Morgan fingerprint density at radius 2 is 2.19 bits per heavy atom. The van der Waals surface area contributed by atoms with E-state index in [-0.39, 0.29) is 12.0 Å². The second-order valence-electron chi connectivity index (χ2n) is 4.92. The lowest BCUT2D eigenvalue weighted by Crippen LogP contribution is -2.51. The number of rotatable bonds is 4. The number of carbonyl (C=O) groups excluding carboxylic acids is 1. The number of aromatic amines is 1. The van der Waals surface area contributed by atoms with Crippen molar-refractivity contribution in [3.63, 3.8) is 0 Å². The maximum absolute atomic E-state index is 12.1. The Balaban J connectivity index is 2.63. The molecule has 0 aromatic carbocycles. The molecule has 0 unspecified atom stereocenters. The summed E-state index contributed by atoms with van der Waals surface area (Å²) < 4.78 is 6.19. The van der Waals surface area contributed by atoms with Gasteiger partial charge in [0.2, 0.25) is 11.5 Å². The molecule has 0 amide bonds. The van der Waals surface area contributed by atoms with Crippen LogP contribution in [0.15, 0.2) is 15.8 Å². The van der Waals surface area contributed by atoms with Crippen molar-refractivity contribution in [1.82, 2.24) is 9.55 Å². The summed E-state index contributed by atoms with van der Waals surface area (Å²) in [4.78, 5) is 37.5. The number of nitrogens with zero attached hydrogens (tertiary/aromatic N) is 1. The van der Waals surface area contributed by atoms with E-state index in [0.29, 0.717) is 0 Å². The molecule has 1 fully saturated rings. The molecule has 1 aromatic rings. The van der Waals surface area contributed by atoms with Gasteiger partial charge in [0.1, 0.15) is 12.7 Å². The van der Waals surface area contributed by atoms with Crippen LogP contribution in [0, 0.1) is 6.92 Å². The molecule has 21 heavy (non-hydrogen) atoms. The highest BCUT2D eigenvalue weighted by Crippen LogP contribution is 2.35. The minimum atomic E-state index is -1.95. The van der Waals surface area contributed by atoms with Crippen LogP contribution in [-0.4, -0.2) is 56.1 Å². The maximum Gasteiger partial charge on any atom is 0.331 e. The summed E-state index contributed by atoms with van der Waals surface area (Å²) in [5.41, 5.74) is -3.31. The van der Waals surface area contributed by atoms with Gasteiger partial charge in [-0.05, 0) is 6.92 Å². The fraction of sp³-hybridized carbons (Fsp3) is 0.583. The normalized spacial score (nSPS) is 28.8. The molecule has 3 atom stereocenters. The Kier molecular flexibility index (Phi) is 4.10. The van der Waals surface area contributed by atoms with Crippen molar-refractivity contribution in [2.24, 2.45) is 0 Å². The fourth-order valence-corrected chi connectivity index (χ4v) is 2.38. The number of H-pyrrole nitrogens is 1. The highest BCUT2D eigenvalue weighted by molar-refractivity contribution is 5.86. The Bertz CT molecular complexity index is 664. The van der Waals surface area contributed by atoms with E-state index in [4.69, 9.17) is 14.9 Å². The fourth-order valence-electron chi connectivity index (χ4n) is 2.38. The smallest absolute Gasteiger partial charge is 0.331 e. The molecule has 0 bridgehead atoms. The lowest BCUT2D eigenvalue weighted by atomic mass is 10.0. The number of aryl methyl sites for hydroxylation is 1. The summed E-state index contributed by atoms with van der Waals surface area (Å²) >= 11 is 0. The molecule has 116 valence electrons. The summed E-state index contributed by atoms with van der Waals surface area (Å²) in [5, 5.41) is 28.1. The van der Waals surface area contributed by atoms with Crippen LogP contribution >= 0.6 is 0 Å². The summed E-state index contributed by atoms with van der Waals surface area (Å²) in [5.74, 6) is -0.856. The molecule has 0 aliphatic carbocycles. The van der Waals surface area contributed by atoms with Crippen LogP contribution in [0.5, 0.6) is 0 Å². The molecule has 0 spiro atoms. The largest absolute Gasteiger partial charge is 0.394 e. The van der Waals surface area contributed by atoms with E-state index >= 15 is 0 Å². The van der Waals surface area contributed by atoms with E-state index < -0.39 is 48.2 Å². The molecule has 9 nitrogen and oxygen atoms in total. The topological polar surface area (TPSA) is 142 Å². The number of carbonyl (C=O) groups is 1.